The molecule has 0 saturated carbocycles. The van der Waals surface area contributed by atoms with E-state index in [0.29, 0.717) is 11.4 Å². The molecule has 61 heavy (non-hydrogen) atoms. The van der Waals surface area contributed by atoms with E-state index in [9.17, 15) is 5.11 Å². The van der Waals surface area contributed by atoms with Crippen LogP contribution in [0, 0.1) is 0 Å². The van der Waals surface area contributed by atoms with Crippen LogP contribution in [0.2, 0.25) is 0 Å². The Labute approximate surface area is 356 Å². The molecule has 0 radical (unpaired) electrons. The van der Waals surface area contributed by atoms with Gasteiger partial charge in [0.1, 0.15) is 22.7 Å². The zero-order valence-electron chi connectivity index (χ0n) is 35.4. The zero-order valence-corrected chi connectivity index (χ0v) is 35.4. The van der Waals surface area contributed by atoms with Gasteiger partial charge < -0.3 is 9.52 Å². The van der Waals surface area contributed by atoms with Gasteiger partial charge in [-0.05, 0) is 93.2 Å². The lowest BCUT2D eigenvalue weighted by molar-refractivity contribution is 0.446. The lowest BCUT2D eigenvalue weighted by Crippen LogP contribution is -2.17. The van der Waals surface area contributed by atoms with Crippen LogP contribution in [0.1, 0.15) is 52.7 Å². The summed E-state index contributed by atoms with van der Waals surface area (Å²) >= 11 is 0. The fourth-order valence-electron chi connectivity index (χ4n) is 8.69. The van der Waals surface area contributed by atoms with E-state index >= 15 is 0 Å². The van der Waals surface area contributed by atoms with Gasteiger partial charge in [0, 0.05) is 39.2 Å². The number of fused-ring (bicyclic) bond motifs is 4. The Bertz CT molecular complexity index is 3260. The smallest absolute Gasteiger partial charge is 0.149 e. The molecule has 10 aromatic rings. The van der Waals surface area contributed by atoms with E-state index < -0.39 is 0 Å². The van der Waals surface area contributed by atoms with Crippen LogP contribution in [-0.2, 0) is 10.8 Å². The lowest BCUT2D eigenvalue weighted by Gasteiger charge is -2.27. The zero-order chi connectivity index (χ0) is 42.0. The maximum absolute atomic E-state index is 12.5. The molecule has 7 aromatic carbocycles. The molecule has 5 nitrogen and oxygen atoms in total. The molecule has 0 fully saturated rings. The van der Waals surface area contributed by atoms with Gasteiger partial charge in [-0.2, -0.15) is 0 Å². The SMILES string of the molecule is CC(C)(C)c1cc(-c2nc3c(-c4cc(-c5ccccn5)c5c(c4)oc4ccccc45)cccc3n2-c2ccc(-c3ccccc3)cc2-c2ccccc2)c(O)c(C(C)(C)C)c1. The van der Waals surface area contributed by atoms with Crippen LogP contribution in [0.25, 0.3) is 94.7 Å². The number of pyridine rings is 1. The fourth-order valence-corrected chi connectivity index (χ4v) is 8.69. The summed E-state index contributed by atoms with van der Waals surface area (Å²) in [5.41, 5.74) is 14.6. The molecular formula is C56H47N3O2. The highest BCUT2D eigenvalue weighted by molar-refractivity contribution is 6.14. The molecule has 1 N–H and O–H groups in total. The van der Waals surface area contributed by atoms with Crippen molar-refractivity contribution in [2.24, 2.45) is 0 Å². The van der Waals surface area contributed by atoms with E-state index in [4.69, 9.17) is 14.4 Å². The Morgan fingerprint density at radius 3 is 1.95 bits per heavy atom. The predicted molar refractivity (Wildman–Crippen MR) is 252 cm³/mol. The number of phenols is 1. The van der Waals surface area contributed by atoms with E-state index in [-0.39, 0.29) is 16.6 Å². The van der Waals surface area contributed by atoms with Crippen LogP contribution in [0.3, 0.4) is 0 Å². The van der Waals surface area contributed by atoms with Crippen molar-refractivity contribution in [2.45, 2.75) is 52.4 Å². The van der Waals surface area contributed by atoms with Crippen molar-refractivity contribution in [1.82, 2.24) is 14.5 Å². The molecular weight excluding hydrogens is 747 g/mol. The van der Waals surface area contributed by atoms with Gasteiger partial charge >= 0.3 is 0 Å². The summed E-state index contributed by atoms with van der Waals surface area (Å²) in [6, 6.07) is 57.0. The molecule has 5 heteroatoms. The largest absolute Gasteiger partial charge is 0.507 e. The molecule has 0 aliphatic carbocycles. The Kier molecular flexibility index (Phi) is 9.03. The predicted octanol–water partition coefficient (Wildman–Crippen LogP) is 15.0. The second-order valence-corrected chi connectivity index (χ2v) is 18.0. The molecule has 298 valence electrons. The number of benzene rings is 7. The van der Waals surface area contributed by atoms with Gasteiger partial charge in [0.2, 0.25) is 0 Å². The molecule has 0 atom stereocenters. The highest BCUT2D eigenvalue weighted by Gasteiger charge is 2.29. The molecule has 0 aliphatic heterocycles. The van der Waals surface area contributed by atoms with Gasteiger partial charge in [0.25, 0.3) is 0 Å². The van der Waals surface area contributed by atoms with Crippen molar-refractivity contribution in [3.63, 3.8) is 0 Å². The number of rotatable bonds is 6. The summed E-state index contributed by atoms with van der Waals surface area (Å²) in [6.45, 7) is 13.1. The maximum Gasteiger partial charge on any atom is 0.149 e. The molecule has 0 spiro atoms. The number of furan rings is 1. The van der Waals surface area contributed by atoms with E-state index in [1.165, 1.54) is 0 Å². The monoisotopic (exact) mass is 793 g/mol. The number of aromatic hydroxyl groups is 1. The normalized spacial score (nSPS) is 12.2. The van der Waals surface area contributed by atoms with Crippen molar-refractivity contribution in [3.05, 3.63) is 181 Å². The Morgan fingerprint density at radius 2 is 1.23 bits per heavy atom. The summed E-state index contributed by atoms with van der Waals surface area (Å²) in [4.78, 5) is 10.5. The average molecular weight is 794 g/mol. The quantitative estimate of drug-likeness (QED) is 0.182. The number of nitrogens with zero attached hydrogens (tertiary/aromatic N) is 3. The summed E-state index contributed by atoms with van der Waals surface area (Å²) < 4.78 is 8.84. The molecule has 10 rings (SSSR count). The van der Waals surface area contributed by atoms with Crippen LogP contribution in [0.4, 0.5) is 0 Å². The average Bonchev–Trinajstić information content (AvgIpc) is 3.85. The van der Waals surface area contributed by atoms with Gasteiger partial charge in [-0.1, -0.05) is 151 Å². The number of para-hydroxylation sites is 2. The lowest BCUT2D eigenvalue weighted by atomic mass is 9.79. The first-order chi connectivity index (χ1) is 29.4. The minimum absolute atomic E-state index is 0.194. The van der Waals surface area contributed by atoms with Crippen molar-refractivity contribution >= 4 is 33.0 Å². The highest BCUT2D eigenvalue weighted by atomic mass is 16.3. The topological polar surface area (TPSA) is 64.1 Å². The number of aromatic nitrogens is 3. The second kappa shape index (κ2) is 14.5. The maximum atomic E-state index is 12.5. The Morgan fingerprint density at radius 1 is 0.525 bits per heavy atom. The number of phenolic OH excluding ortho intramolecular Hbond substituents is 1. The van der Waals surface area contributed by atoms with Crippen LogP contribution < -0.4 is 0 Å². The minimum atomic E-state index is -0.335. The molecule has 0 bridgehead atoms. The van der Waals surface area contributed by atoms with Crippen LogP contribution in [-0.4, -0.2) is 19.6 Å². The van der Waals surface area contributed by atoms with E-state index in [1.54, 1.807) is 0 Å². The fraction of sp³-hybridized carbons (Fsp3) is 0.143. The highest BCUT2D eigenvalue weighted by Crippen LogP contribution is 2.47. The minimum Gasteiger partial charge on any atom is -0.507 e. The van der Waals surface area contributed by atoms with Crippen molar-refractivity contribution in [2.75, 3.05) is 0 Å². The number of hydrogen-bond donors (Lipinski definition) is 1. The van der Waals surface area contributed by atoms with Gasteiger partial charge in [-0.15, -0.1) is 0 Å². The number of imidazole rings is 1. The van der Waals surface area contributed by atoms with Crippen LogP contribution in [0.5, 0.6) is 5.75 Å². The molecule has 0 amide bonds. The summed E-state index contributed by atoms with van der Waals surface area (Å²) in [5.74, 6) is 0.901. The third kappa shape index (κ3) is 6.67. The van der Waals surface area contributed by atoms with Gasteiger partial charge in [0.15, 0.2) is 0 Å². The molecule has 0 aliphatic rings. The first-order valence-electron chi connectivity index (χ1n) is 21.0. The van der Waals surface area contributed by atoms with Gasteiger partial charge in [-0.25, -0.2) is 4.98 Å². The standard InChI is InChI=1S/C56H47N3O2/c1-55(2,3)39-33-44(53(60)45(34-39)56(4,5)6)54-58-52-40(38-31-43(46-24-15-16-29-57-46)51-41-22-13-14-26-49(41)61-50(51)32-38)23-17-25-48(52)59(54)47-28-27-37(35-18-9-7-10-19-35)30-42(47)36-20-11-8-12-21-36/h7-34,60H,1-6H3. The summed E-state index contributed by atoms with van der Waals surface area (Å²) in [6.07, 6.45) is 1.84. The van der Waals surface area contributed by atoms with E-state index in [0.717, 1.165) is 94.4 Å². The summed E-state index contributed by atoms with van der Waals surface area (Å²) in [7, 11) is 0. The Hall–Kier alpha value is -7.24. The third-order valence-electron chi connectivity index (χ3n) is 11.9. The van der Waals surface area contributed by atoms with Crippen LogP contribution in [0.15, 0.2) is 174 Å². The molecule has 0 saturated heterocycles. The third-order valence-corrected chi connectivity index (χ3v) is 11.9. The first-order valence-corrected chi connectivity index (χ1v) is 21.0. The van der Waals surface area contributed by atoms with E-state index in [1.807, 2.05) is 42.6 Å². The van der Waals surface area contributed by atoms with Gasteiger partial charge in [0.05, 0.1) is 28.0 Å². The van der Waals surface area contributed by atoms with Crippen molar-refractivity contribution < 1.29 is 9.52 Å². The Balaban J connectivity index is 1.32. The molecule has 0 unspecified atom stereocenters. The second-order valence-electron chi connectivity index (χ2n) is 18.0. The van der Waals surface area contributed by atoms with Gasteiger partial charge in [-0.3, -0.25) is 9.55 Å². The summed E-state index contributed by atoms with van der Waals surface area (Å²) in [5, 5.41) is 14.6. The molecule has 3 aromatic heterocycles. The molecule has 3 heterocycles. The van der Waals surface area contributed by atoms with Crippen LogP contribution >= 0.6 is 0 Å². The van der Waals surface area contributed by atoms with Crippen molar-refractivity contribution in [1.29, 1.82) is 0 Å². The van der Waals surface area contributed by atoms with E-state index in [2.05, 4.69) is 174 Å². The first kappa shape index (κ1) is 38.0. The number of hydrogen-bond acceptors (Lipinski definition) is 4. The van der Waals surface area contributed by atoms with Crippen molar-refractivity contribution in [3.8, 4) is 67.5 Å².